The lowest BCUT2D eigenvalue weighted by atomic mass is 9.57. The summed E-state index contributed by atoms with van der Waals surface area (Å²) in [5.41, 5.74) is -0.616. The van der Waals surface area contributed by atoms with E-state index in [1.165, 1.54) is 0 Å². The van der Waals surface area contributed by atoms with Gasteiger partial charge in [0.2, 0.25) is 0 Å². The molecule has 34 heavy (non-hydrogen) atoms. The number of aliphatic hydroxyl groups is 1. The molecule has 0 aliphatic heterocycles. The van der Waals surface area contributed by atoms with Crippen LogP contribution in [0.15, 0.2) is 24.3 Å². The highest BCUT2D eigenvalue weighted by Gasteiger charge is 2.49. The fraction of sp³-hybridized carbons (Fsp3) is 0.750. The van der Waals surface area contributed by atoms with Crippen molar-refractivity contribution >= 4 is 17.7 Å². The number of fused-ring (bicyclic) bond motifs is 1. The first-order valence-corrected chi connectivity index (χ1v) is 12.8. The van der Waals surface area contributed by atoms with Gasteiger partial charge in [-0.1, -0.05) is 45.1 Å². The molecule has 192 valence electrons. The maximum atomic E-state index is 13.1. The van der Waals surface area contributed by atoms with Gasteiger partial charge in [0.1, 0.15) is 11.9 Å². The molecule has 7 atom stereocenters. The molecular formula is C28H44O6. The minimum Gasteiger partial charge on any atom is -0.481 e. The van der Waals surface area contributed by atoms with Crippen LogP contribution in [0.25, 0.3) is 0 Å². The van der Waals surface area contributed by atoms with Crippen molar-refractivity contribution < 1.29 is 29.3 Å². The number of carbonyl (C=O) groups is 3. The fourth-order valence-electron chi connectivity index (χ4n) is 5.75. The van der Waals surface area contributed by atoms with Gasteiger partial charge in [0.25, 0.3) is 0 Å². The van der Waals surface area contributed by atoms with Gasteiger partial charge in [-0.25, -0.2) is 0 Å². The summed E-state index contributed by atoms with van der Waals surface area (Å²) >= 11 is 0. The van der Waals surface area contributed by atoms with E-state index in [-0.39, 0.29) is 59.8 Å². The molecule has 0 saturated heterocycles. The number of carboxylic acid groups (broad SMARTS) is 1. The maximum Gasteiger partial charge on any atom is 0.311 e. The van der Waals surface area contributed by atoms with Gasteiger partial charge in [-0.3, -0.25) is 14.4 Å². The Morgan fingerprint density at radius 2 is 1.88 bits per heavy atom. The lowest BCUT2D eigenvalue weighted by molar-refractivity contribution is -0.171. The predicted octanol–water partition coefficient (Wildman–Crippen LogP) is 5.34. The third kappa shape index (κ3) is 7.27. The van der Waals surface area contributed by atoms with Crippen LogP contribution in [0.1, 0.15) is 86.5 Å². The number of carbonyl (C=O) groups excluding carboxylic acids is 2. The van der Waals surface area contributed by atoms with E-state index in [2.05, 4.69) is 38.2 Å². The van der Waals surface area contributed by atoms with E-state index in [4.69, 9.17) is 9.84 Å². The summed E-state index contributed by atoms with van der Waals surface area (Å²) in [5, 5.41) is 18.7. The molecule has 0 radical (unpaired) electrons. The number of ether oxygens (including phenoxy) is 1. The molecule has 0 spiro atoms. The Kier molecular flexibility index (Phi) is 9.70. The van der Waals surface area contributed by atoms with E-state index < -0.39 is 23.9 Å². The molecule has 6 heteroatoms. The summed E-state index contributed by atoms with van der Waals surface area (Å²) in [6.45, 7) is 12.2. The second-order valence-corrected chi connectivity index (χ2v) is 11.4. The molecule has 0 aromatic rings. The first kappa shape index (κ1) is 28.3. The minimum absolute atomic E-state index is 0.0660. The molecule has 0 bridgehead atoms. The smallest absolute Gasteiger partial charge is 0.311 e. The van der Waals surface area contributed by atoms with Crippen LogP contribution in [-0.4, -0.2) is 40.1 Å². The number of carboxylic acids is 1. The lowest BCUT2D eigenvalue weighted by Gasteiger charge is -2.51. The molecular weight excluding hydrogens is 432 g/mol. The molecule has 0 unspecified atom stereocenters. The van der Waals surface area contributed by atoms with E-state index in [0.717, 1.165) is 12.8 Å². The first-order chi connectivity index (χ1) is 15.8. The van der Waals surface area contributed by atoms with Gasteiger partial charge in [-0.2, -0.15) is 0 Å². The zero-order chi connectivity index (χ0) is 25.7. The van der Waals surface area contributed by atoms with Crippen LogP contribution in [0, 0.1) is 34.5 Å². The number of allylic oxidation sites excluding steroid dienone is 4. The molecule has 6 nitrogen and oxygen atoms in total. The van der Waals surface area contributed by atoms with Crippen molar-refractivity contribution in [2.45, 2.75) is 98.7 Å². The van der Waals surface area contributed by atoms with Gasteiger partial charge in [0.15, 0.2) is 0 Å². The maximum absolute atomic E-state index is 13.1. The Hall–Kier alpha value is -1.95. The average Bonchev–Trinajstić information content (AvgIpc) is 2.72. The molecule has 0 amide bonds. The first-order valence-electron chi connectivity index (χ1n) is 12.8. The normalized spacial score (nSPS) is 32.3. The van der Waals surface area contributed by atoms with E-state index >= 15 is 0 Å². The number of ketones is 1. The summed E-state index contributed by atoms with van der Waals surface area (Å²) in [5.74, 6) is -0.601. The molecule has 2 N–H and O–H groups in total. The quantitative estimate of drug-likeness (QED) is 0.308. The number of esters is 1. The van der Waals surface area contributed by atoms with Crippen LogP contribution < -0.4 is 0 Å². The molecule has 0 heterocycles. The second kappa shape index (κ2) is 11.7. The fourth-order valence-corrected chi connectivity index (χ4v) is 5.75. The Bertz CT molecular complexity index is 797. The highest BCUT2D eigenvalue weighted by Crippen LogP contribution is 2.52. The van der Waals surface area contributed by atoms with Gasteiger partial charge >= 0.3 is 11.9 Å². The summed E-state index contributed by atoms with van der Waals surface area (Å²) in [6, 6.07) is 0. The number of aliphatic hydroxyl groups excluding tert-OH is 1. The predicted molar refractivity (Wildman–Crippen MR) is 132 cm³/mol. The largest absolute Gasteiger partial charge is 0.481 e. The average molecular weight is 477 g/mol. The topological polar surface area (TPSA) is 101 Å². The Balaban J connectivity index is 2.23. The Labute approximate surface area is 204 Å². The zero-order valence-electron chi connectivity index (χ0n) is 21.8. The molecule has 0 aromatic carbocycles. The van der Waals surface area contributed by atoms with Gasteiger partial charge in [-0.05, 0) is 69.6 Å². The van der Waals surface area contributed by atoms with Crippen molar-refractivity contribution in [3.8, 4) is 0 Å². The van der Waals surface area contributed by atoms with E-state index in [1.807, 2.05) is 27.7 Å². The van der Waals surface area contributed by atoms with E-state index in [9.17, 15) is 19.5 Å². The summed E-state index contributed by atoms with van der Waals surface area (Å²) in [7, 11) is 0. The van der Waals surface area contributed by atoms with Crippen molar-refractivity contribution in [3.05, 3.63) is 24.3 Å². The monoisotopic (exact) mass is 476 g/mol. The molecule has 1 fully saturated rings. The van der Waals surface area contributed by atoms with Crippen LogP contribution in [0.2, 0.25) is 0 Å². The van der Waals surface area contributed by atoms with Crippen LogP contribution in [0.5, 0.6) is 0 Å². The Morgan fingerprint density at radius 1 is 1.21 bits per heavy atom. The number of Topliss-reactive ketones (excluding diaryl/α,β-unsaturated/α-hetero) is 1. The number of rotatable bonds is 11. The lowest BCUT2D eigenvalue weighted by Crippen LogP contribution is -2.49. The van der Waals surface area contributed by atoms with Crippen molar-refractivity contribution in [3.63, 3.8) is 0 Å². The van der Waals surface area contributed by atoms with Crippen LogP contribution >= 0.6 is 0 Å². The summed E-state index contributed by atoms with van der Waals surface area (Å²) in [4.78, 5) is 36.4. The number of hydrogen-bond acceptors (Lipinski definition) is 5. The molecule has 2 rings (SSSR count). The van der Waals surface area contributed by atoms with Gasteiger partial charge in [0.05, 0.1) is 17.9 Å². The standard InChI is InChI=1S/C28H44O6/c1-7-13-28(6)16-19-10-9-18(3)22(12-11-20(29)14-21(30)15-24(31)32)25(19)23(17-28)34-26(33)27(4,5)8-2/h7,9-10,13,18-19,21-23,25,30H,8,11-12,14-17H2,1-6H3,(H,31,32)/b13-7+/t18-,19-,21+,22-,23-,25-,28-/m0/s1. The molecule has 2 aliphatic rings. The van der Waals surface area contributed by atoms with E-state index in [1.54, 1.807) is 0 Å². The van der Waals surface area contributed by atoms with Crippen LogP contribution in [0.3, 0.4) is 0 Å². The van der Waals surface area contributed by atoms with Crippen LogP contribution in [-0.2, 0) is 19.1 Å². The summed E-state index contributed by atoms with van der Waals surface area (Å²) < 4.78 is 6.26. The number of hydrogen-bond donors (Lipinski definition) is 2. The third-order valence-electron chi connectivity index (χ3n) is 8.02. The Morgan fingerprint density at radius 3 is 2.47 bits per heavy atom. The van der Waals surface area contributed by atoms with E-state index in [0.29, 0.717) is 12.8 Å². The van der Waals surface area contributed by atoms with Crippen molar-refractivity contribution in [2.75, 3.05) is 0 Å². The summed E-state index contributed by atoms with van der Waals surface area (Å²) in [6.07, 6.45) is 10.2. The SMILES string of the molecule is C/C=C/[C@]1(C)C[C@H](OC(=O)C(C)(C)CC)[C@@H]2[C@@H](CCC(=O)C[C@@H](O)CC(=O)O)[C@@H](C)C=C[C@H]2C1. The molecule has 0 aromatic heterocycles. The third-order valence-corrected chi connectivity index (χ3v) is 8.02. The highest BCUT2D eigenvalue weighted by molar-refractivity contribution is 5.79. The van der Waals surface area contributed by atoms with Crippen LogP contribution in [0.4, 0.5) is 0 Å². The van der Waals surface area contributed by atoms with Gasteiger partial charge < -0.3 is 14.9 Å². The van der Waals surface area contributed by atoms with Crippen molar-refractivity contribution in [1.29, 1.82) is 0 Å². The molecule has 1 saturated carbocycles. The second-order valence-electron chi connectivity index (χ2n) is 11.4. The highest BCUT2D eigenvalue weighted by atomic mass is 16.5. The van der Waals surface area contributed by atoms with Crippen molar-refractivity contribution in [1.82, 2.24) is 0 Å². The number of aliphatic carboxylic acids is 1. The van der Waals surface area contributed by atoms with Gasteiger partial charge in [0, 0.05) is 18.8 Å². The zero-order valence-corrected chi connectivity index (χ0v) is 21.8. The minimum atomic E-state index is -1.15. The molecule has 2 aliphatic carbocycles. The van der Waals surface area contributed by atoms with Crippen molar-refractivity contribution in [2.24, 2.45) is 34.5 Å². The van der Waals surface area contributed by atoms with Gasteiger partial charge in [-0.15, -0.1) is 0 Å².